The lowest BCUT2D eigenvalue weighted by Crippen LogP contribution is -2.03. The zero-order valence-electron chi connectivity index (χ0n) is 11.0. The van der Waals surface area contributed by atoms with Gasteiger partial charge in [0.1, 0.15) is 0 Å². The Kier molecular flexibility index (Phi) is 4.81. The van der Waals surface area contributed by atoms with E-state index in [2.05, 4.69) is 17.4 Å². The summed E-state index contributed by atoms with van der Waals surface area (Å²) in [5.41, 5.74) is 10.1. The van der Waals surface area contributed by atoms with E-state index in [1.54, 1.807) is 0 Å². The molecule has 0 aromatic heterocycles. The van der Waals surface area contributed by atoms with Crippen LogP contribution in [0, 0.1) is 0 Å². The third-order valence-electron chi connectivity index (χ3n) is 3.09. The van der Waals surface area contributed by atoms with Crippen molar-refractivity contribution in [3.63, 3.8) is 0 Å². The molecule has 2 aromatic rings. The molecule has 2 aromatic carbocycles. The summed E-state index contributed by atoms with van der Waals surface area (Å²) in [6, 6.07) is 16.1. The van der Waals surface area contributed by atoms with Gasteiger partial charge in [-0.2, -0.15) is 0 Å². The van der Waals surface area contributed by atoms with E-state index in [-0.39, 0.29) is 6.61 Å². The molecule has 0 aliphatic rings. The smallest absolute Gasteiger partial charge is 0.0434 e. The third kappa shape index (κ3) is 4.00. The predicted molar refractivity (Wildman–Crippen MR) is 80.0 cm³/mol. The van der Waals surface area contributed by atoms with Gasteiger partial charge in [-0.15, -0.1) is 0 Å². The molecule has 0 radical (unpaired) electrons. The van der Waals surface area contributed by atoms with Crippen LogP contribution in [0.4, 0.5) is 11.4 Å². The van der Waals surface area contributed by atoms with Crippen LogP contribution in [0.2, 0.25) is 0 Å². The fourth-order valence-electron chi connectivity index (χ4n) is 2.01. The molecule has 19 heavy (non-hydrogen) atoms. The molecule has 0 atom stereocenters. The molecule has 0 amide bonds. The average Bonchev–Trinajstić information content (AvgIpc) is 2.45. The highest BCUT2D eigenvalue weighted by Crippen LogP contribution is 2.16. The second kappa shape index (κ2) is 6.81. The maximum atomic E-state index is 8.85. The van der Waals surface area contributed by atoms with Crippen LogP contribution in [0.15, 0.2) is 48.5 Å². The minimum absolute atomic E-state index is 0.234. The van der Waals surface area contributed by atoms with Crippen molar-refractivity contribution < 1.29 is 5.11 Å². The summed E-state index contributed by atoms with van der Waals surface area (Å²) in [6.07, 6.45) is 1.70. The Morgan fingerprint density at radius 2 is 1.89 bits per heavy atom. The number of para-hydroxylation sites is 1. The maximum absolute atomic E-state index is 8.85. The number of rotatable bonds is 6. The van der Waals surface area contributed by atoms with Gasteiger partial charge in [0.25, 0.3) is 0 Å². The van der Waals surface area contributed by atoms with Crippen LogP contribution in [0.5, 0.6) is 0 Å². The van der Waals surface area contributed by atoms with Crippen molar-refractivity contribution >= 4 is 11.4 Å². The highest BCUT2D eigenvalue weighted by molar-refractivity contribution is 5.51. The first-order valence-corrected chi connectivity index (χ1v) is 6.56. The Morgan fingerprint density at radius 3 is 2.68 bits per heavy atom. The first-order chi connectivity index (χ1) is 9.29. The van der Waals surface area contributed by atoms with Crippen molar-refractivity contribution in [1.29, 1.82) is 0 Å². The number of nitrogens with one attached hydrogen (secondary N) is 1. The van der Waals surface area contributed by atoms with E-state index in [1.807, 2.05) is 36.4 Å². The first-order valence-electron chi connectivity index (χ1n) is 6.56. The van der Waals surface area contributed by atoms with Crippen molar-refractivity contribution in [3.8, 4) is 0 Å². The van der Waals surface area contributed by atoms with Crippen LogP contribution in [0.25, 0.3) is 0 Å². The highest BCUT2D eigenvalue weighted by Gasteiger charge is 1.99. The molecular weight excluding hydrogens is 236 g/mol. The van der Waals surface area contributed by atoms with E-state index in [9.17, 15) is 0 Å². The van der Waals surface area contributed by atoms with Crippen molar-refractivity contribution in [2.24, 2.45) is 0 Å². The van der Waals surface area contributed by atoms with E-state index in [4.69, 9.17) is 10.8 Å². The van der Waals surface area contributed by atoms with Crippen LogP contribution in [-0.4, -0.2) is 11.7 Å². The molecule has 0 saturated carbocycles. The SMILES string of the molecule is Nc1ccccc1CNc1cccc(CCCO)c1. The van der Waals surface area contributed by atoms with E-state index in [0.29, 0.717) is 0 Å². The topological polar surface area (TPSA) is 58.3 Å². The molecule has 0 aliphatic carbocycles. The van der Waals surface area contributed by atoms with Gasteiger partial charge < -0.3 is 16.2 Å². The summed E-state index contributed by atoms with van der Waals surface area (Å²) < 4.78 is 0. The molecule has 3 nitrogen and oxygen atoms in total. The second-order valence-corrected chi connectivity index (χ2v) is 4.58. The summed E-state index contributed by atoms with van der Waals surface area (Å²) in [6.45, 7) is 0.953. The Bertz CT molecular complexity index is 526. The molecule has 0 heterocycles. The molecule has 0 spiro atoms. The Labute approximate surface area is 114 Å². The Morgan fingerprint density at radius 1 is 1.05 bits per heavy atom. The number of hydrogen-bond donors (Lipinski definition) is 3. The van der Waals surface area contributed by atoms with Gasteiger partial charge in [0, 0.05) is 24.5 Å². The van der Waals surface area contributed by atoms with E-state index >= 15 is 0 Å². The Balaban J connectivity index is 1.98. The first kappa shape index (κ1) is 13.4. The van der Waals surface area contributed by atoms with E-state index in [0.717, 1.165) is 36.3 Å². The average molecular weight is 256 g/mol. The number of hydrogen-bond acceptors (Lipinski definition) is 3. The summed E-state index contributed by atoms with van der Waals surface area (Å²) >= 11 is 0. The van der Waals surface area contributed by atoms with Crippen molar-refractivity contribution in [3.05, 3.63) is 59.7 Å². The zero-order valence-corrected chi connectivity index (χ0v) is 11.0. The van der Waals surface area contributed by atoms with Crippen molar-refractivity contribution in [1.82, 2.24) is 0 Å². The van der Waals surface area contributed by atoms with Crippen LogP contribution in [0.1, 0.15) is 17.5 Å². The van der Waals surface area contributed by atoms with Gasteiger partial charge in [-0.05, 0) is 42.2 Å². The monoisotopic (exact) mass is 256 g/mol. The summed E-state index contributed by atoms with van der Waals surface area (Å²) in [7, 11) is 0. The molecule has 0 saturated heterocycles. The number of anilines is 2. The van der Waals surface area contributed by atoms with Gasteiger partial charge in [0.2, 0.25) is 0 Å². The van der Waals surface area contributed by atoms with Gasteiger partial charge in [-0.3, -0.25) is 0 Å². The van der Waals surface area contributed by atoms with Gasteiger partial charge in [0.05, 0.1) is 0 Å². The summed E-state index contributed by atoms with van der Waals surface area (Å²) in [5.74, 6) is 0. The molecule has 100 valence electrons. The maximum Gasteiger partial charge on any atom is 0.0434 e. The molecule has 3 heteroatoms. The van der Waals surface area contributed by atoms with Crippen LogP contribution >= 0.6 is 0 Å². The molecule has 4 N–H and O–H groups in total. The fraction of sp³-hybridized carbons (Fsp3) is 0.250. The van der Waals surface area contributed by atoms with Gasteiger partial charge in [0.15, 0.2) is 0 Å². The number of aliphatic hydroxyl groups excluding tert-OH is 1. The normalized spacial score (nSPS) is 10.4. The van der Waals surface area contributed by atoms with Crippen molar-refractivity contribution in [2.45, 2.75) is 19.4 Å². The molecule has 0 aliphatic heterocycles. The van der Waals surface area contributed by atoms with Gasteiger partial charge in [-0.25, -0.2) is 0 Å². The molecule has 0 unspecified atom stereocenters. The largest absolute Gasteiger partial charge is 0.398 e. The molecule has 0 fully saturated rings. The lowest BCUT2D eigenvalue weighted by atomic mass is 10.1. The number of aliphatic hydroxyl groups is 1. The number of nitrogen functional groups attached to an aromatic ring is 1. The summed E-state index contributed by atoms with van der Waals surface area (Å²) in [5, 5.41) is 12.2. The van der Waals surface area contributed by atoms with Gasteiger partial charge in [-0.1, -0.05) is 30.3 Å². The second-order valence-electron chi connectivity index (χ2n) is 4.58. The quantitative estimate of drug-likeness (QED) is 0.697. The van der Waals surface area contributed by atoms with Crippen LogP contribution < -0.4 is 11.1 Å². The van der Waals surface area contributed by atoms with E-state index in [1.165, 1.54) is 5.56 Å². The van der Waals surface area contributed by atoms with Gasteiger partial charge >= 0.3 is 0 Å². The summed E-state index contributed by atoms with van der Waals surface area (Å²) in [4.78, 5) is 0. The number of nitrogens with two attached hydrogens (primary N) is 1. The van der Waals surface area contributed by atoms with Crippen LogP contribution in [0.3, 0.4) is 0 Å². The third-order valence-corrected chi connectivity index (χ3v) is 3.09. The molecular formula is C16H20N2O. The van der Waals surface area contributed by atoms with E-state index < -0.39 is 0 Å². The fourth-order valence-corrected chi connectivity index (χ4v) is 2.01. The zero-order chi connectivity index (χ0) is 13.5. The number of aryl methyl sites for hydroxylation is 1. The van der Waals surface area contributed by atoms with Crippen LogP contribution in [-0.2, 0) is 13.0 Å². The minimum atomic E-state index is 0.234. The Hall–Kier alpha value is -2.00. The lowest BCUT2D eigenvalue weighted by molar-refractivity contribution is 0.288. The molecule has 0 bridgehead atoms. The van der Waals surface area contributed by atoms with Crippen molar-refractivity contribution in [2.75, 3.05) is 17.7 Å². The highest BCUT2D eigenvalue weighted by atomic mass is 16.2. The number of benzene rings is 2. The minimum Gasteiger partial charge on any atom is -0.398 e. The predicted octanol–water partition coefficient (Wildman–Crippen LogP) is 2.81. The standard InChI is InChI=1S/C16H20N2O/c17-16-9-2-1-7-14(16)12-18-15-8-3-5-13(11-15)6-4-10-19/h1-3,5,7-9,11,18-19H,4,6,10,12,17H2. The molecule has 2 rings (SSSR count). The lowest BCUT2D eigenvalue weighted by Gasteiger charge is -2.10.